The summed E-state index contributed by atoms with van der Waals surface area (Å²) in [4.78, 5) is 4.59. The van der Waals surface area contributed by atoms with Crippen LogP contribution in [-0.2, 0) is 17.3 Å². The molecule has 2 aromatic rings. The number of rotatable bonds is 5. The van der Waals surface area contributed by atoms with E-state index in [0.717, 1.165) is 16.9 Å². The standard InChI is InChI=1S/C14H19ClN2OS/c1-4-19(18)8-7-17-13-9-10(2)5-6-12(13)16-14(17)11(3)15/h5-6,9,11H,4,7-8H2,1-3H3. The SMILES string of the molecule is CCS(=O)CCn1c(C(C)Cl)nc2ccc(C)cc21. The minimum Gasteiger partial charge on any atom is -0.326 e. The number of halogens is 1. The van der Waals surface area contributed by atoms with Gasteiger partial charge >= 0.3 is 0 Å². The van der Waals surface area contributed by atoms with Crippen LogP contribution in [-0.4, -0.2) is 25.3 Å². The zero-order valence-electron chi connectivity index (χ0n) is 11.5. The molecular weight excluding hydrogens is 280 g/mol. The van der Waals surface area contributed by atoms with Crippen LogP contribution in [0.25, 0.3) is 11.0 Å². The zero-order chi connectivity index (χ0) is 14.0. The van der Waals surface area contributed by atoms with Gasteiger partial charge in [0.25, 0.3) is 0 Å². The highest BCUT2D eigenvalue weighted by Crippen LogP contribution is 2.25. The third-order valence-corrected chi connectivity index (χ3v) is 4.63. The number of imidazole rings is 1. The van der Waals surface area contributed by atoms with E-state index in [0.29, 0.717) is 18.1 Å². The number of alkyl halides is 1. The molecule has 3 nitrogen and oxygen atoms in total. The Hall–Kier alpha value is -0.870. The van der Waals surface area contributed by atoms with Crippen molar-refractivity contribution < 1.29 is 4.21 Å². The summed E-state index contributed by atoms with van der Waals surface area (Å²) >= 11 is 6.21. The van der Waals surface area contributed by atoms with Crippen molar-refractivity contribution in [3.8, 4) is 0 Å². The molecule has 0 bridgehead atoms. The highest BCUT2D eigenvalue weighted by Gasteiger charge is 2.15. The lowest BCUT2D eigenvalue weighted by molar-refractivity contribution is 0.669. The minimum atomic E-state index is -0.773. The second kappa shape index (κ2) is 6.06. The van der Waals surface area contributed by atoms with Crippen molar-refractivity contribution in [2.45, 2.75) is 32.7 Å². The number of aryl methyl sites for hydroxylation is 2. The summed E-state index contributed by atoms with van der Waals surface area (Å²) in [5.41, 5.74) is 3.23. The number of aromatic nitrogens is 2. The maximum atomic E-state index is 11.6. The van der Waals surface area contributed by atoms with Crippen LogP contribution in [0.5, 0.6) is 0 Å². The Labute approximate surface area is 121 Å². The molecule has 2 unspecified atom stereocenters. The molecule has 0 aliphatic heterocycles. The Morgan fingerprint density at radius 2 is 2.21 bits per heavy atom. The van der Waals surface area contributed by atoms with E-state index in [2.05, 4.69) is 22.5 Å². The van der Waals surface area contributed by atoms with E-state index in [1.165, 1.54) is 5.56 Å². The van der Waals surface area contributed by atoms with Crippen LogP contribution in [0.4, 0.5) is 0 Å². The highest BCUT2D eigenvalue weighted by molar-refractivity contribution is 7.84. The van der Waals surface area contributed by atoms with Crippen molar-refractivity contribution in [1.29, 1.82) is 0 Å². The fraction of sp³-hybridized carbons (Fsp3) is 0.500. The summed E-state index contributed by atoms with van der Waals surface area (Å²) in [6, 6.07) is 6.17. The molecular formula is C14H19ClN2OS. The molecule has 0 N–H and O–H groups in total. The average Bonchev–Trinajstić information content (AvgIpc) is 2.74. The second-order valence-corrected chi connectivity index (χ2v) is 7.18. The summed E-state index contributed by atoms with van der Waals surface area (Å²) in [6.45, 7) is 6.62. The first kappa shape index (κ1) is 14.5. The van der Waals surface area contributed by atoms with Gasteiger partial charge in [0.15, 0.2) is 0 Å². The van der Waals surface area contributed by atoms with Crippen LogP contribution in [0.15, 0.2) is 18.2 Å². The molecule has 0 radical (unpaired) electrons. The molecule has 2 rings (SSSR count). The second-order valence-electron chi connectivity index (χ2n) is 4.66. The van der Waals surface area contributed by atoms with E-state index < -0.39 is 10.8 Å². The van der Waals surface area contributed by atoms with Gasteiger partial charge in [0.05, 0.1) is 16.4 Å². The van der Waals surface area contributed by atoms with E-state index in [4.69, 9.17) is 11.6 Å². The normalized spacial score (nSPS) is 14.7. The van der Waals surface area contributed by atoms with Crippen molar-refractivity contribution in [3.05, 3.63) is 29.6 Å². The summed E-state index contributed by atoms with van der Waals surface area (Å²) in [5.74, 6) is 2.19. The van der Waals surface area contributed by atoms with Gasteiger partial charge in [-0.05, 0) is 31.5 Å². The molecule has 0 aliphatic rings. The molecule has 0 aliphatic carbocycles. The van der Waals surface area contributed by atoms with E-state index in [9.17, 15) is 4.21 Å². The number of hydrogen-bond donors (Lipinski definition) is 0. The van der Waals surface area contributed by atoms with Gasteiger partial charge < -0.3 is 4.57 Å². The first-order valence-electron chi connectivity index (χ1n) is 6.48. The molecule has 19 heavy (non-hydrogen) atoms. The maximum Gasteiger partial charge on any atom is 0.127 e. The van der Waals surface area contributed by atoms with Gasteiger partial charge in [0.2, 0.25) is 0 Å². The molecule has 0 spiro atoms. The van der Waals surface area contributed by atoms with Crippen LogP contribution in [0.1, 0.15) is 30.6 Å². The lowest BCUT2D eigenvalue weighted by atomic mass is 10.2. The van der Waals surface area contributed by atoms with Crippen molar-refractivity contribution in [1.82, 2.24) is 9.55 Å². The Balaban J connectivity index is 2.45. The van der Waals surface area contributed by atoms with Crippen LogP contribution in [0.3, 0.4) is 0 Å². The largest absolute Gasteiger partial charge is 0.326 e. The molecule has 104 valence electrons. The van der Waals surface area contributed by atoms with Crippen LogP contribution in [0, 0.1) is 6.92 Å². The van der Waals surface area contributed by atoms with Gasteiger partial charge in [-0.2, -0.15) is 0 Å². The van der Waals surface area contributed by atoms with Crippen molar-refractivity contribution >= 4 is 33.4 Å². The molecule has 1 aromatic carbocycles. The lowest BCUT2D eigenvalue weighted by Crippen LogP contribution is -2.12. The smallest absolute Gasteiger partial charge is 0.127 e. The van der Waals surface area contributed by atoms with Crippen LogP contribution < -0.4 is 0 Å². The minimum absolute atomic E-state index is 0.150. The van der Waals surface area contributed by atoms with Gasteiger partial charge in [0, 0.05) is 28.9 Å². The molecule has 1 aromatic heterocycles. The summed E-state index contributed by atoms with van der Waals surface area (Å²) in [5, 5.41) is -0.150. The fourth-order valence-electron chi connectivity index (χ4n) is 2.13. The maximum absolute atomic E-state index is 11.6. The monoisotopic (exact) mass is 298 g/mol. The van der Waals surface area contributed by atoms with Gasteiger partial charge in [-0.25, -0.2) is 4.98 Å². The summed E-state index contributed by atoms with van der Waals surface area (Å²) in [7, 11) is -0.773. The molecule has 0 amide bonds. The zero-order valence-corrected chi connectivity index (χ0v) is 13.1. The van der Waals surface area contributed by atoms with Gasteiger partial charge in [-0.3, -0.25) is 4.21 Å². The van der Waals surface area contributed by atoms with E-state index >= 15 is 0 Å². The van der Waals surface area contributed by atoms with Crippen LogP contribution in [0.2, 0.25) is 0 Å². The Kier molecular flexibility index (Phi) is 4.63. The third kappa shape index (κ3) is 3.18. The lowest BCUT2D eigenvalue weighted by Gasteiger charge is -2.10. The number of fused-ring (bicyclic) bond motifs is 1. The van der Waals surface area contributed by atoms with Crippen molar-refractivity contribution in [2.24, 2.45) is 0 Å². The number of benzene rings is 1. The molecule has 0 saturated heterocycles. The molecule has 2 atom stereocenters. The Morgan fingerprint density at radius 1 is 1.47 bits per heavy atom. The van der Waals surface area contributed by atoms with Crippen molar-refractivity contribution in [2.75, 3.05) is 11.5 Å². The average molecular weight is 299 g/mol. The summed E-state index contributed by atoms with van der Waals surface area (Å²) < 4.78 is 13.7. The number of hydrogen-bond acceptors (Lipinski definition) is 2. The van der Waals surface area contributed by atoms with Crippen molar-refractivity contribution in [3.63, 3.8) is 0 Å². The van der Waals surface area contributed by atoms with Crippen LogP contribution >= 0.6 is 11.6 Å². The molecule has 0 saturated carbocycles. The molecule has 1 heterocycles. The quantitative estimate of drug-likeness (QED) is 0.793. The predicted molar refractivity (Wildman–Crippen MR) is 82.3 cm³/mol. The summed E-state index contributed by atoms with van der Waals surface area (Å²) in [6.07, 6.45) is 0. The predicted octanol–water partition coefficient (Wildman–Crippen LogP) is 3.41. The van der Waals surface area contributed by atoms with Gasteiger partial charge in [-0.15, -0.1) is 11.6 Å². The highest BCUT2D eigenvalue weighted by atomic mass is 35.5. The molecule has 0 fully saturated rings. The fourth-order valence-corrected chi connectivity index (χ4v) is 2.97. The Bertz CT molecular complexity index is 607. The Morgan fingerprint density at radius 3 is 2.84 bits per heavy atom. The number of nitrogens with zero attached hydrogens (tertiary/aromatic N) is 2. The topological polar surface area (TPSA) is 34.9 Å². The first-order chi connectivity index (χ1) is 9.02. The van der Waals surface area contributed by atoms with Gasteiger partial charge in [0.1, 0.15) is 5.82 Å². The van der Waals surface area contributed by atoms with E-state index in [-0.39, 0.29) is 5.38 Å². The first-order valence-corrected chi connectivity index (χ1v) is 8.41. The molecule has 5 heteroatoms. The third-order valence-electron chi connectivity index (χ3n) is 3.15. The van der Waals surface area contributed by atoms with Gasteiger partial charge in [-0.1, -0.05) is 13.0 Å². The van der Waals surface area contributed by atoms with E-state index in [1.54, 1.807) is 0 Å². The van der Waals surface area contributed by atoms with E-state index in [1.807, 2.05) is 26.0 Å².